The third-order valence-electron chi connectivity index (χ3n) is 7.02. The number of hydrogen-bond acceptors (Lipinski definition) is 4. The largest absolute Gasteiger partial charge is 0.497 e. The Morgan fingerprint density at radius 3 is 1.64 bits per heavy atom. The summed E-state index contributed by atoms with van der Waals surface area (Å²) >= 11 is 0. The summed E-state index contributed by atoms with van der Waals surface area (Å²) in [6, 6.07) is 43.2. The van der Waals surface area contributed by atoms with Crippen molar-refractivity contribution in [3.8, 4) is 50.8 Å². The van der Waals surface area contributed by atoms with Gasteiger partial charge in [0.1, 0.15) is 16.9 Å². The minimum absolute atomic E-state index is 0.698. The second-order valence-corrected chi connectivity index (χ2v) is 9.45. The van der Waals surface area contributed by atoms with Gasteiger partial charge in [-0.3, -0.25) is 0 Å². The van der Waals surface area contributed by atoms with Crippen LogP contribution in [0.4, 0.5) is 0 Å². The summed E-state index contributed by atoms with van der Waals surface area (Å²) < 4.78 is 11.5. The summed E-state index contributed by atoms with van der Waals surface area (Å²) in [6.07, 6.45) is 0. The quantitative estimate of drug-likeness (QED) is 0.235. The maximum Gasteiger partial charge on any atom is 0.160 e. The predicted molar refractivity (Wildman–Crippen MR) is 158 cm³/mol. The highest BCUT2D eigenvalue weighted by Crippen LogP contribution is 2.35. The van der Waals surface area contributed by atoms with Gasteiger partial charge in [-0.2, -0.15) is 0 Å². The molecule has 5 aromatic carbocycles. The van der Waals surface area contributed by atoms with Crippen LogP contribution >= 0.6 is 0 Å². The van der Waals surface area contributed by atoms with Crippen LogP contribution in [0.3, 0.4) is 0 Å². The van der Waals surface area contributed by atoms with E-state index in [1.165, 1.54) is 0 Å². The summed E-state index contributed by atoms with van der Waals surface area (Å²) in [4.78, 5) is 9.89. The van der Waals surface area contributed by atoms with Crippen LogP contribution < -0.4 is 4.74 Å². The molecule has 7 rings (SSSR count). The third kappa shape index (κ3) is 4.32. The number of furan rings is 1. The lowest BCUT2D eigenvalue weighted by molar-refractivity contribution is 0.414. The van der Waals surface area contributed by atoms with Gasteiger partial charge >= 0.3 is 0 Å². The fourth-order valence-electron chi connectivity index (χ4n) is 4.97. The normalized spacial score (nSPS) is 11.2. The average Bonchev–Trinajstić information content (AvgIpc) is 3.39. The molecule has 0 radical (unpaired) electrons. The molecule has 7 aromatic rings. The van der Waals surface area contributed by atoms with Crippen molar-refractivity contribution in [2.24, 2.45) is 0 Å². The molecule has 2 aromatic heterocycles. The second-order valence-electron chi connectivity index (χ2n) is 9.45. The number of nitrogens with zero attached hydrogens (tertiary/aromatic N) is 2. The van der Waals surface area contributed by atoms with Crippen molar-refractivity contribution < 1.29 is 9.15 Å². The first-order valence-electron chi connectivity index (χ1n) is 12.9. The first-order valence-corrected chi connectivity index (χ1v) is 12.9. The third-order valence-corrected chi connectivity index (χ3v) is 7.02. The van der Waals surface area contributed by atoms with E-state index in [-0.39, 0.29) is 0 Å². The number of methoxy groups -OCH3 is 1. The number of fused-ring (bicyclic) bond motifs is 3. The molecule has 2 heterocycles. The van der Waals surface area contributed by atoms with Crippen LogP contribution in [0.15, 0.2) is 132 Å². The summed E-state index contributed by atoms with van der Waals surface area (Å²) in [6.45, 7) is 0. The smallest absolute Gasteiger partial charge is 0.160 e. The van der Waals surface area contributed by atoms with Gasteiger partial charge in [0, 0.05) is 33.5 Å². The molecular formula is C35H24N2O2. The zero-order valence-electron chi connectivity index (χ0n) is 21.3. The zero-order valence-corrected chi connectivity index (χ0v) is 21.3. The van der Waals surface area contributed by atoms with Crippen molar-refractivity contribution in [3.05, 3.63) is 127 Å². The second kappa shape index (κ2) is 9.58. The maximum absolute atomic E-state index is 6.16. The molecule has 0 N–H and O–H groups in total. The molecule has 0 fully saturated rings. The average molecular weight is 505 g/mol. The van der Waals surface area contributed by atoms with E-state index in [1.807, 2.05) is 54.6 Å². The number of ether oxygens (including phenoxy) is 1. The van der Waals surface area contributed by atoms with Crippen LogP contribution in [0.25, 0.3) is 67.0 Å². The van der Waals surface area contributed by atoms with Gasteiger partial charge in [-0.1, -0.05) is 91.0 Å². The molecular weight excluding hydrogens is 480 g/mol. The van der Waals surface area contributed by atoms with Crippen molar-refractivity contribution in [2.75, 3.05) is 7.11 Å². The van der Waals surface area contributed by atoms with E-state index in [0.717, 1.165) is 66.9 Å². The summed E-state index contributed by atoms with van der Waals surface area (Å²) in [7, 11) is 1.66. The summed E-state index contributed by atoms with van der Waals surface area (Å²) in [5, 5.41) is 2.17. The fraction of sp³-hybridized carbons (Fsp3) is 0.0286. The van der Waals surface area contributed by atoms with Crippen LogP contribution in [0.1, 0.15) is 0 Å². The molecule has 0 aliphatic heterocycles. The Hall–Kier alpha value is -5.22. The summed E-state index contributed by atoms with van der Waals surface area (Å²) in [5.74, 6) is 1.48. The maximum atomic E-state index is 6.16. The zero-order chi connectivity index (χ0) is 26.2. The minimum Gasteiger partial charge on any atom is -0.497 e. The van der Waals surface area contributed by atoms with Crippen molar-refractivity contribution in [2.45, 2.75) is 0 Å². The topological polar surface area (TPSA) is 48.2 Å². The first kappa shape index (κ1) is 22.9. The Bertz CT molecular complexity index is 1870. The number of hydrogen-bond donors (Lipinski definition) is 0. The Balaban J connectivity index is 1.27. The van der Waals surface area contributed by atoms with Crippen LogP contribution in [0, 0.1) is 0 Å². The lowest BCUT2D eigenvalue weighted by Gasteiger charge is -2.10. The molecule has 0 saturated heterocycles. The first-order chi connectivity index (χ1) is 19.2. The van der Waals surface area contributed by atoms with Crippen LogP contribution in [-0.4, -0.2) is 17.1 Å². The van der Waals surface area contributed by atoms with Gasteiger partial charge in [-0.05, 0) is 41.5 Å². The highest BCUT2D eigenvalue weighted by Gasteiger charge is 2.12. The van der Waals surface area contributed by atoms with Crippen molar-refractivity contribution in [1.82, 2.24) is 9.97 Å². The predicted octanol–water partition coefficient (Wildman–Crippen LogP) is 9.05. The van der Waals surface area contributed by atoms with Gasteiger partial charge in [0.2, 0.25) is 0 Å². The van der Waals surface area contributed by atoms with E-state index in [9.17, 15) is 0 Å². The van der Waals surface area contributed by atoms with E-state index in [4.69, 9.17) is 19.1 Å². The monoisotopic (exact) mass is 504 g/mol. The molecule has 186 valence electrons. The SMILES string of the molecule is COc1ccc2c(c1)oc1cc(-c3ccc(-c4nc(-c5ccccc5)cc(-c5ccccc5)n4)cc3)ccc12. The van der Waals surface area contributed by atoms with Gasteiger partial charge < -0.3 is 9.15 Å². The molecule has 0 aliphatic rings. The van der Waals surface area contributed by atoms with E-state index in [0.29, 0.717) is 5.82 Å². The van der Waals surface area contributed by atoms with Crippen molar-refractivity contribution in [3.63, 3.8) is 0 Å². The van der Waals surface area contributed by atoms with E-state index in [1.54, 1.807) is 7.11 Å². The fourth-order valence-corrected chi connectivity index (χ4v) is 4.97. The molecule has 0 saturated carbocycles. The van der Waals surface area contributed by atoms with Gasteiger partial charge in [0.05, 0.1) is 18.5 Å². The molecule has 0 amide bonds. The van der Waals surface area contributed by atoms with Gasteiger partial charge in [0.25, 0.3) is 0 Å². The van der Waals surface area contributed by atoms with E-state index in [2.05, 4.69) is 72.8 Å². The standard InChI is InChI=1S/C35H24N2O2/c1-38-28-17-19-30-29-18-16-27(20-33(29)39-34(30)21-28)23-12-14-26(15-13-23)35-36-31(24-8-4-2-5-9-24)22-32(37-35)25-10-6-3-7-11-25/h2-22H,1H3. The van der Waals surface area contributed by atoms with Gasteiger partial charge in [0.15, 0.2) is 5.82 Å². The van der Waals surface area contributed by atoms with Crippen LogP contribution in [0.2, 0.25) is 0 Å². The molecule has 4 nitrogen and oxygen atoms in total. The number of rotatable bonds is 5. The van der Waals surface area contributed by atoms with E-state index >= 15 is 0 Å². The van der Waals surface area contributed by atoms with Gasteiger partial charge in [-0.15, -0.1) is 0 Å². The number of benzene rings is 5. The lowest BCUT2D eigenvalue weighted by Crippen LogP contribution is -1.95. The van der Waals surface area contributed by atoms with Crippen molar-refractivity contribution in [1.29, 1.82) is 0 Å². The molecule has 0 bridgehead atoms. The number of aromatic nitrogens is 2. The Morgan fingerprint density at radius 2 is 1.03 bits per heavy atom. The highest BCUT2D eigenvalue weighted by molar-refractivity contribution is 6.06. The highest BCUT2D eigenvalue weighted by atomic mass is 16.5. The Kier molecular flexibility index (Phi) is 5.64. The Labute approximate surface area is 226 Å². The summed E-state index contributed by atoms with van der Waals surface area (Å²) in [5.41, 5.74) is 8.74. The minimum atomic E-state index is 0.698. The van der Waals surface area contributed by atoms with Gasteiger partial charge in [-0.25, -0.2) is 9.97 Å². The molecule has 39 heavy (non-hydrogen) atoms. The molecule has 0 spiro atoms. The molecule has 4 heteroatoms. The van der Waals surface area contributed by atoms with Crippen molar-refractivity contribution >= 4 is 21.9 Å². The molecule has 0 unspecified atom stereocenters. The Morgan fingerprint density at radius 1 is 0.487 bits per heavy atom. The molecule has 0 aliphatic carbocycles. The van der Waals surface area contributed by atoms with Crippen LogP contribution in [-0.2, 0) is 0 Å². The van der Waals surface area contributed by atoms with E-state index < -0.39 is 0 Å². The molecule has 0 atom stereocenters. The lowest BCUT2D eigenvalue weighted by atomic mass is 10.0. The van der Waals surface area contributed by atoms with Crippen LogP contribution in [0.5, 0.6) is 5.75 Å².